The van der Waals surface area contributed by atoms with E-state index in [1.54, 1.807) is 0 Å². The molecule has 0 aliphatic heterocycles. The number of nitrogens with two attached hydrogens (primary N) is 1. The molecule has 1 aromatic heterocycles. The summed E-state index contributed by atoms with van der Waals surface area (Å²) >= 11 is 8.04. The van der Waals surface area contributed by atoms with Crippen molar-refractivity contribution in [3.05, 3.63) is 17.0 Å². The first-order valence-corrected chi connectivity index (χ1v) is 6.19. The molecule has 0 radical (unpaired) electrons. The van der Waals surface area contributed by atoms with Gasteiger partial charge in [0.1, 0.15) is 4.60 Å². The van der Waals surface area contributed by atoms with E-state index in [2.05, 4.69) is 31.2 Å². The van der Waals surface area contributed by atoms with Gasteiger partial charge in [0.05, 0.1) is 23.3 Å². The molecule has 0 aromatic carbocycles. The molecule has 0 saturated heterocycles. The predicted molar refractivity (Wildman–Crippen MR) is 73.5 cm³/mol. The Morgan fingerprint density at radius 3 is 2.53 bits per heavy atom. The number of amides is 1. The maximum Gasteiger partial charge on any atom is 0.235 e. The van der Waals surface area contributed by atoms with Crippen LogP contribution in [-0.4, -0.2) is 20.9 Å². The Kier molecular flexibility index (Phi) is 4.95. The lowest BCUT2D eigenvalue weighted by Gasteiger charge is -2.18. The lowest BCUT2D eigenvalue weighted by atomic mass is 9.95. The predicted octanol–water partition coefficient (Wildman–Crippen LogP) is 1.74. The second-order valence-corrected chi connectivity index (χ2v) is 5.12. The van der Waals surface area contributed by atoms with E-state index in [9.17, 15) is 4.79 Å². The molecule has 1 heterocycles. The van der Waals surface area contributed by atoms with E-state index in [0.717, 1.165) is 0 Å². The molecule has 3 N–H and O–H groups in total. The monoisotopic (exact) mass is 316 g/mol. The van der Waals surface area contributed by atoms with Gasteiger partial charge in [-0.1, -0.05) is 26.1 Å². The van der Waals surface area contributed by atoms with Crippen LogP contribution in [0, 0.1) is 11.8 Å². The molecule has 0 saturated carbocycles. The number of aromatic nitrogens is 2. The highest BCUT2D eigenvalue weighted by molar-refractivity contribution is 9.10. The van der Waals surface area contributed by atoms with Crippen molar-refractivity contribution < 1.29 is 4.79 Å². The zero-order chi connectivity index (χ0) is 13.0. The van der Waals surface area contributed by atoms with Crippen molar-refractivity contribution >= 4 is 44.9 Å². The molecule has 0 aliphatic rings. The van der Waals surface area contributed by atoms with E-state index in [0.29, 0.717) is 10.4 Å². The number of hydrogen-bond donors (Lipinski definition) is 2. The lowest BCUT2D eigenvalue weighted by molar-refractivity contribution is -0.118. The van der Waals surface area contributed by atoms with E-state index in [1.165, 1.54) is 12.4 Å². The molecule has 0 spiro atoms. The minimum Gasteiger partial charge on any atom is -0.393 e. The van der Waals surface area contributed by atoms with Gasteiger partial charge in [0, 0.05) is 0 Å². The Morgan fingerprint density at radius 2 is 2.12 bits per heavy atom. The number of anilines is 1. The number of hydrogen-bond acceptors (Lipinski definition) is 4. The third-order valence-electron chi connectivity index (χ3n) is 2.13. The van der Waals surface area contributed by atoms with E-state index in [1.807, 2.05) is 13.8 Å². The molecular weight excluding hydrogens is 304 g/mol. The molecule has 0 bridgehead atoms. The molecule has 92 valence electrons. The second kappa shape index (κ2) is 6.02. The molecular formula is C10H13BrN4OS. The van der Waals surface area contributed by atoms with Crippen molar-refractivity contribution in [2.45, 2.75) is 13.8 Å². The normalized spacial score (nSPS) is 12.2. The van der Waals surface area contributed by atoms with Crippen LogP contribution in [0.3, 0.4) is 0 Å². The first-order chi connectivity index (χ1) is 7.91. The Hall–Kier alpha value is -1.08. The summed E-state index contributed by atoms with van der Waals surface area (Å²) in [6.45, 7) is 3.77. The number of rotatable bonds is 4. The van der Waals surface area contributed by atoms with Gasteiger partial charge in [0.25, 0.3) is 0 Å². The Morgan fingerprint density at radius 1 is 1.47 bits per heavy atom. The number of halogens is 1. The summed E-state index contributed by atoms with van der Waals surface area (Å²) in [5.41, 5.74) is 5.54. The first-order valence-electron chi connectivity index (χ1n) is 4.99. The molecule has 7 heteroatoms. The second-order valence-electron chi connectivity index (χ2n) is 3.84. The molecule has 1 rings (SSSR count). The summed E-state index contributed by atoms with van der Waals surface area (Å²) in [7, 11) is 0. The van der Waals surface area contributed by atoms with Gasteiger partial charge in [-0.15, -0.1) is 0 Å². The summed E-state index contributed by atoms with van der Waals surface area (Å²) in [5.74, 6) is -0.351. The van der Waals surface area contributed by atoms with Crippen molar-refractivity contribution in [2.24, 2.45) is 17.6 Å². The van der Waals surface area contributed by atoms with Gasteiger partial charge >= 0.3 is 0 Å². The van der Waals surface area contributed by atoms with Gasteiger partial charge < -0.3 is 11.1 Å². The van der Waals surface area contributed by atoms with Gasteiger partial charge in [0.15, 0.2) is 5.82 Å². The highest BCUT2D eigenvalue weighted by atomic mass is 79.9. The van der Waals surface area contributed by atoms with Crippen LogP contribution in [0.15, 0.2) is 17.0 Å². The summed E-state index contributed by atoms with van der Waals surface area (Å²) in [5, 5.41) is 2.63. The van der Waals surface area contributed by atoms with Gasteiger partial charge in [-0.05, 0) is 21.8 Å². The SMILES string of the molecule is CC(C)C(C(=O)Nc1cnc(Br)cn1)C(N)=S. The molecule has 5 nitrogen and oxygen atoms in total. The Bertz CT molecular complexity index is 421. The van der Waals surface area contributed by atoms with Crippen LogP contribution >= 0.6 is 28.1 Å². The van der Waals surface area contributed by atoms with E-state index in [-0.39, 0.29) is 16.8 Å². The molecule has 1 unspecified atom stereocenters. The number of nitrogens with one attached hydrogen (secondary N) is 1. The van der Waals surface area contributed by atoms with Crippen molar-refractivity contribution in [3.8, 4) is 0 Å². The maximum atomic E-state index is 11.9. The van der Waals surface area contributed by atoms with Crippen LogP contribution in [0.4, 0.5) is 5.82 Å². The van der Waals surface area contributed by atoms with E-state index in [4.69, 9.17) is 18.0 Å². The first kappa shape index (κ1) is 14.0. The van der Waals surface area contributed by atoms with Crippen LogP contribution in [-0.2, 0) is 4.79 Å². The minimum atomic E-state index is -0.504. The Balaban J connectivity index is 2.77. The fourth-order valence-electron chi connectivity index (χ4n) is 1.34. The summed E-state index contributed by atoms with van der Waals surface area (Å²) in [6, 6.07) is 0. The highest BCUT2D eigenvalue weighted by Gasteiger charge is 2.25. The third-order valence-corrected chi connectivity index (χ3v) is 2.79. The molecule has 0 fully saturated rings. The minimum absolute atomic E-state index is 0.0379. The third kappa shape index (κ3) is 4.01. The number of carbonyl (C=O) groups excluding carboxylic acids is 1. The molecule has 1 aromatic rings. The average molecular weight is 317 g/mol. The number of carbonyl (C=O) groups is 1. The summed E-state index contributed by atoms with van der Waals surface area (Å²) in [6.07, 6.45) is 2.96. The van der Waals surface area contributed by atoms with Crippen LogP contribution in [0.2, 0.25) is 0 Å². The lowest BCUT2D eigenvalue weighted by Crippen LogP contribution is -2.36. The highest BCUT2D eigenvalue weighted by Crippen LogP contribution is 2.14. The fourth-order valence-corrected chi connectivity index (χ4v) is 1.93. The van der Waals surface area contributed by atoms with Crippen molar-refractivity contribution in [1.82, 2.24) is 9.97 Å². The van der Waals surface area contributed by atoms with Crippen LogP contribution in [0.5, 0.6) is 0 Å². The van der Waals surface area contributed by atoms with Crippen LogP contribution in [0.1, 0.15) is 13.8 Å². The summed E-state index contributed by atoms with van der Waals surface area (Å²) < 4.78 is 0.602. The maximum absolute atomic E-state index is 11.9. The average Bonchev–Trinajstić information content (AvgIpc) is 2.20. The van der Waals surface area contributed by atoms with Crippen molar-refractivity contribution in [1.29, 1.82) is 0 Å². The Labute approximate surface area is 113 Å². The molecule has 1 atom stereocenters. The van der Waals surface area contributed by atoms with Gasteiger partial charge in [0.2, 0.25) is 5.91 Å². The van der Waals surface area contributed by atoms with Gasteiger partial charge in [-0.2, -0.15) is 0 Å². The topological polar surface area (TPSA) is 80.9 Å². The standard InChI is InChI=1S/C10H13BrN4OS/c1-5(2)8(9(12)17)10(16)15-7-4-13-6(11)3-14-7/h3-5,8H,1-2H3,(H2,12,17)(H,14,15,16). The quantitative estimate of drug-likeness (QED) is 0.827. The fraction of sp³-hybridized carbons (Fsp3) is 0.400. The molecule has 0 aliphatic carbocycles. The van der Waals surface area contributed by atoms with Crippen LogP contribution < -0.4 is 11.1 Å². The zero-order valence-corrected chi connectivity index (χ0v) is 11.9. The summed E-state index contributed by atoms with van der Waals surface area (Å²) in [4.78, 5) is 20.1. The van der Waals surface area contributed by atoms with E-state index < -0.39 is 5.92 Å². The van der Waals surface area contributed by atoms with Gasteiger partial charge in [-0.3, -0.25) is 4.79 Å². The smallest absolute Gasteiger partial charge is 0.235 e. The number of nitrogens with zero attached hydrogens (tertiary/aromatic N) is 2. The number of thiocarbonyl (C=S) groups is 1. The van der Waals surface area contributed by atoms with Crippen molar-refractivity contribution in [2.75, 3.05) is 5.32 Å². The van der Waals surface area contributed by atoms with Crippen molar-refractivity contribution in [3.63, 3.8) is 0 Å². The largest absolute Gasteiger partial charge is 0.393 e. The molecule has 17 heavy (non-hydrogen) atoms. The molecule has 1 amide bonds. The van der Waals surface area contributed by atoms with Crippen LogP contribution in [0.25, 0.3) is 0 Å². The zero-order valence-electron chi connectivity index (χ0n) is 9.48. The van der Waals surface area contributed by atoms with Gasteiger partial charge in [-0.25, -0.2) is 9.97 Å². The van der Waals surface area contributed by atoms with E-state index >= 15 is 0 Å².